The van der Waals surface area contributed by atoms with E-state index in [-0.39, 0.29) is 11.5 Å². The molecule has 0 atom stereocenters. The quantitative estimate of drug-likeness (QED) is 0.909. The first kappa shape index (κ1) is 14.0. The number of carbonyl (C=O) groups excluding carboxylic acids is 1. The smallest absolute Gasteiger partial charge is 0.258 e. The highest BCUT2D eigenvalue weighted by molar-refractivity contribution is 6.05. The summed E-state index contributed by atoms with van der Waals surface area (Å²) in [6.07, 6.45) is 1.58. The molecular formula is C15H17N3O2. The van der Waals surface area contributed by atoms with Gasteiger partial charge in [0, 0.05) is 44.2 Å². The van der Waals surface area contributed by atoms with Crippen LogP contribution in [0.5, 0.6) is 0 Å². The first-order valence-corrected chi connectivity index (χ1v) is 6.26. The third kappa shape index (κ3) is 2.78. The fraction of sp³-hybridized carbons (Fsp3) is 0.200. The normalized spacial score (nSPS) is 10.3. The average Bonchev–Trinajstić information content (AvgIpc) is 2.48. The van der Waals surface area contributed by atoms with Crippen LogP contribution in [0.2, 0.25) is 0 Å². The van der Waals surface area contributed by atoms with Crippen molar-refractivity contribution in [2.24, 2.45) is 12.8 Å². The van der Waals surface area contributed by atoms with Crippen molar-refractivity contribution < 1.29 is 4.79 Å². The third-order valence-electron chi connectivity index (χ3n) is 3.22. The van der Waals surface area contributed by atoms with E-state index in [9.17, 15) is 9.59 Å². The number of nitrogens with two attached hydrogens (primary N) is 1. The highest BCUT2D eigenvalue weighted by atomic mass is 16.2. The maximum absolute atomic E-state index is 12.3. The van der Waals surface area contributed by atoms with Crippen LogP contribution in [0.1, 0.15) is 15.9 Å². The van der Waals surface area contributed by atoms with Crippen molar-refractivity contribution in [1.29, 1.82) is 0 Å². The van der Waals surface area contributed by atoms with Gasteiger partial charge < -0.3 is 15.2 Å². The molecule has 0 aliphatic carbocycles. The first-order chi connectivity index (χ1) is 9.52. The minimum Gasteiger partial charge on any atom is -0.326 e. The van der Waals surface area contributed by atoms with Crippen molar-refractivity contribution in [1.82, 2.24) is 4.57 Å². The number of hydrogen-bond acceptors (Lipinski definition) is 3. The maximum Gasteiger partial charge on any atom is 0.258 e. The van der Waals surface area contributed by atoms with Gasteiger partial charge in [-0.05, 0) is 23.8 Å². The Morgan fingerprint density at radius 1 is 1.25 bits per heavy atom. The summed E-state index contributed by atoms with van der Waals surface area (Å²) in [6.45, 7) is 0.465. The molecule has 0 fully saturated rings. The average molecular weight is 271 g/mol. The summed E-state index contributed by atoms with van der Waals surface area (Å²) in [5, 5.41) is 0. The Hall–Kier alpha value is -2.40. The van der Waals surface area contributed by atoms with Crippen molar-refractivity contribution in [3.63, 3.8) is 0 Å². The lowest BCUT2D eigenvalue weighted by Gasteiger charge is -2.17. The number of hydrogen-bond donors (Lipinski definition) is 1. The van der Waals surface area contributed by atoms with Crippen molar-refractivity contribution in [2.45, 2.75) is 6.54 Å². The molecule has 1 heterocycles. The van der Waals surface area contributed by atoms with Crippen LogP contribution >= 0.6 is 0 Å². The van der Waals surface area contributed by atoms with Gasteiger partial charge in [0.15, 0.2) is 0 Å². The maximum atomic E-state index is 12.3. The van der Waals surface area contributed by atoms with Crippen LogP contribution in [0.3, 0.4) is 0 Å². The van der Waals surface area contributed by atoms with E-state index in [1.165, 1.54) is 15.5 Å². The van der Waals surface area contributed by atoms with E-state index in [0.29, 0.717) is 12.1 Å². The topological polar surface area (TPSA) is 68.3 Å². The second kappa shape index (κ2) is 5.71. The largest absolute Gasteiger partial charge is 0.326 e. The van der Waals surface area contributed by atoms with Gasteiger partial charge in [0.05, 0.1) is 0 Å². The molecular weight excluding hydrogens is 254 g/mol. The van der Waals surface area contributed by atoms with Crippen LogP contribution < -0.4 is 16.2 Å². The predicted molar refractivity (Wildman–Crippen MR) is 78.7 cm³/mol. The van der Waals surface area contributed by atoms with E-state index < -0.39 is 0 Å². The fourth-order valence-electron chi connectivity index (χ4n) is 1.85. The molecule has 5 heteroatoms. The van der Waals surface area contributed by atoms with E-state index in [1.54, 1.807) is 26.4 Å². The van der Waals surface area contributed by atoms with Crippen LogP contribution in [-0.4, -0.2) is 17.5 Å². The van der Waals surface area contributed by atoms with Crippen molar-refractivity contribution in [2.75, 3.05) is 11.9 Å². The number of benzene rings is 1. The second-order valence-corrected chi connectivity index (χ2v) is 4.60. The summed E-state index contributed by atoms with van der Waals surface area (Å²) in [5.74, 6) is -0.219. The van der Waals surface area contributed by atoms with Gasteiger partial charge in [0.1, 0.15) is 0 Å². The van der Waals surface area contributed by atoms with Crippen molar-refractivity contribution in [3.05, 3.63) is 64.1 Å². The number of amides is 1. The number of carbonyl (C=O) groups is 1. The molecule has 1 amide bonds. The Balaban J connectivity index is 2.27. The Morgan fingerprint density at radius 2 is 1.90 bits per heavy atom. The molecule has 2 aromatic rings. The zero-order valence-electron chi connectivity index (χ0n) is 11.5. The van der Waals surface area contributed by atoms with Gasteiger partial charge in [-0.2, -0.15) is 0 Å². The first-order valence-electron chi connectivity index (χ1n) is 6.26. The minimum absolute atomic E-state index is 0.206. The molecule has 0 unspecified atom stereocenters. The molecule has 0 bridgehead atoms. The van der Waals surface area contributed by atoms with Gasteiger partial charge in [-0.1, -0.05) is 12.1 Å². The van der Waals surface area contributed by atoms with Crippen molar-refractivity contribution >= 4 is 11.6 Å². The molecule has 5 nitrogen and oxygen atoms in total. The van der Waals surface area contributed by atoms with E-state index in [4.69, 9.17) is 5.73 Å². The van der Waals surface area contributed by atoms with Gasteiger partial charge >= 0.3 is 0 Å². The zero-order valence-corrected chi connectivity index (χ0v) is 11.5. The highest BCUT2D eigenvalue weighted by Gasteiger charge is 2.14. The molecule has 1 aromatic carbocycles. The monoisotopic (exact) mass is 271 g/mol. The summed E-state index contributed by atoms with van der Waals surface area (Å²) in [5.41, 5.74) is 7.47. The van der Waals surface area contributed by atoms with Crippen LogP contribution in [-0.2, 0) is 13.6 Å². The van der Waals surface area contributed by atoms with E-state index in [0.717, 1.165) is 11.3 Å². The number of rotatable bonds is 3. The molecule has 0 spiro atoms. The Kier molecular flexibility index (Phi) is 4.00. The molecule has 20 heavy (non-hydrogen) atoms. The molecule has 104 valence electrons. The van der Waals surface area contributed by atoms with Crippen LogP contribution in [0.15, 0.2) is 47.4 Å². The highest BCUT2D eigenvalue weighted by Crippen LogP contribution is 2.16. The molecule has 0 aliphatic heterocycles. The SMILES string of the molecule is CN(C(=O)c1ccn(C)c(=O)c1)c1ccc(CN)cc1. The predicted octanol–water partition coefficient (Wildman–Crippen LogP) is 1.12. The number of nitrogens with zero attached hydrogens (tertiary/aromatic N) is 2. The number of pyridine rings is 1. The summed E-state index contributed by atoms with van der Waals surface area (Å²) >= 11 is 0. The third-order valence-corrected chi connectivity index (χ3v) is 3.22. The van der Waals surface area contributed by atoms with Gasteiger partial charge in [-0.15, -0.1) is 0 Å². The van der Waals surface area contributed by atoms with E-state index >= 15 is 0 Å². The van der Waals surface area contributed by atoms with Crippen molar-refractivity contribution in [3.8, 4) is 0 Å². The summed E-state index contributed by atoms with van der Waals surface area (Å²) < 4.78 is 1.42. The van der Waals surface area contributed by atoms with Gasteiger partial charge in [-0.3, -0.25) is 9.59 Å². The summed E-state index contributed by atoms with van der Waals surface area (Å²) in [4.78, 5) is 25.4. The molecule has 0 radical (unpaired) electrons. The summed E-state index contributed by atoms with van der Waals surface area (Å²) in [6, 6.07) is 10.4. The number of aryl methyl sites for hydroxylation is 1. The minimum atomic E-state index is -0.219. The zero-order chi connectivity index (χ0) is 14.7. The Bertz CT molecular complexity index is 674. The van der Waals surface area contributed by atoms with E-state index in [1.807, 2.05) is 24.3 Å². The standard InChI is InChI=1S/C15H17N3O2/c1-17-8-7-12(9-14(17)19)15(20)18(2)13-5-3-11(10-16)4-6-13/h3-9H,10,16H2,1-2H3. The summed E-state index contributed by atoms with van der Waals surface area (Å²) in [7, 11) is 3.32. The lowest BCUT2D eigenvalue weighted by atomic mass is 10.2. The van der Waals surface area contributed by atoms with Gasteiger partial charge in [0.2, 0.25) is 0 Å². The van der Waals surface area contributed by atoms with Gasteiger partial charge in [-0.25, -0.2) is 0 Å². The second-order valence-electron chi connectivity index (χ2n) is 4.60. The molecule has 0 saturated carbocycles. The lowest BCUT2D eigenvalue weighted by Crippen LogP contribution is -2.28. The Morgan fingerprint density at radius 3 is 2.45 bits per heavy atom. The number of aromatic nitrogens is 1. The molecule has 0 saturated heterocycles. The molecule has 0 aliphatic rings. The van der Waals surface area contributed by atoms with Crippen LogP contribution in [0.25, 0.3) is 0 Å². The van der Waals surface area contributed by atoms with Crippen LogP contribution in [0.4, 0.5) is 5.69 Å². The molecule has 2 N–H and O–H groups in total. The van der Waals surface area contributed by atoms with Crippen LogP contribution in [0, 0.1) is 0 Å². The van der Waals surface area contributed by atoms with E-state index in [2.05, 4.69) is 0 Å². The van der Waals surface area contributed by atoms with Gasteiger partial charge in [0.25, 0.3) is 11.5 Å². The molecule has 2 rings (SSSR count). The fourth-order valence-corrected chi connectivity index (χ4v) is 1.85. The molecule has 1 aromatic heterocycles. The Labute approximate surface area is 117 Å². The number of anilines is 1. The lowest BCUT2D eigenvalue weighted by molar-refractivity contribution is 0.0992.